The summed E-state index contributed by atoms with van der Waals surface area (Å²) < 4.78 is 21.0. The Labute approximate surface area is 196 Å². The van der Waals surface area contributed by atoms with Crippen LogP contribution in [0.2, 0.25) is 5.02 Å². The molecular weight excluding hydrogens is 449 g/mol. The first-order valence-corrected chi connectivity index (χ1v) is 11.4. The molecular formula is C23H27ClFN5O3. The molecule has 4 rings (SSSR count). The highest BCUT2D eigenvalue weighted by Crippen LogP contribution is 2.32. The molecule has 1 saturated carbocycles. The van der Waals surface area contributed by atoms with Crippen molar-refractivity contribution in [1.29, 1.82) is 0 Å². The summed E-state index contributed by atoms with van der Waals surface area (Å²) in [6.45, 7) is 4.17. The number of hydrogen-bond donors (Lipinski definition) is 3. The van der Waals surface area contributed by atoms with Crippen molar-refractivity contribution in [1.82, 2.24) is 25.9 Å². The quantitative estimate of drug-likeness (QED) is 0.541. The van der Waals surface area contributed by atoms with Gasteiger partial charge in [0.25, 0.3) is 0 Å². The topological polar surface area (TPSA) is 105 Å². The fourth-order valence-electron chi connectivity index (χ4n) is 3.52. The van der Waals surface area contributed by atoms with E-state index >= 15 is 4.39 Å². The number of hydrogen-bond acceptors (Lipinski definition) is 6. The second kappa shape index (κ2) is 10.0. The Bertz CT molecular complexity index is 1030. The monoisotopic (exact) mass is 475 g/mol. The minimum atomic E-state index is -0.864. The molecule has 10 heteroatoms. The van der Waals surface area contributed by atoms with Gasteiger partial charge in [-0.05, 0) is 24.8 Å². The molecule has 2 aromatic rings. The van der Waals surface area contributed by atoms with E-state index in [0.29, 0.717) is 24.1 Å². The fraction of sp³-hybridized carbons (Fsp3) is 0.478. The molecule has 2 amide bonds. The number of halogens is 2. The minimum absolute atomic E-state index is 0.0188. The van der Waals surface area contributed by atoms with E-state index in [2.05, 4.69) is 25.9 Å². The van der Waals surface area contributed by atoms with E-state index in [0.717, 1.165) is 0 Å². The van der Waals surface area contributed by atoms with Crippen LogP contribution < -0.4 is 20.7 Å². The Morgan fingerprint density at radius 2 is 2.09 bits per heavy atom. The lowest BCUT2D eigenvalue weighted by Gasteiger charge is -2.32. The number of carbonyl (C=O) groups is 2. The number of aromatic nitrogens is 2. The first kappa shape index (κ1) is 23.4. The number of nitrogens with one attached hydrogen (secondary N) is 3. The number of amides is 2. The van der Waals surface area contributed by atoms with E-state index in [-0.39, 0.29) is 46.8 Å². The van der Waals surface area contributed by atoms with Crippen LogP contribution in [0.5, 0.6) is 5.88 Å². The van der Waals surface area contributed by atoms with Gasteiger partial charge in [0.15, 0.2) is 0 Å². The smallest absolute Gasteiger partial charge is 0.232 e. The van der Waals surface area contributed by atoms with Crippen molar-refractivity contribution in [2.24, 2.45) is 11.8 Å². The van der Waals surface area contributed by atoms with Gasteiger partial charge in [0, 0.05) is 30.0 Å². The summed E-state index contributed by atoms with van der Waals surface area (Å²) >= 11 is 6.31. The molecule has 1 saturated heterocycles. The Kier molecular flexibility index (Phi) is 7.09. The highest BCUT2D eigenvalue weighted by molar-refractivity contribution is 6.31. The van der Waals surface area contributed by atoms with Crippen molar-refractivity contribution in [3.8, 4) is 5.88 Å². The largest absolute Gasteiger partial charge is 0.476 e. The maximum Gasteiger partial charge on any atom is 0.232 e. The van der Waals surface area contributed by atoms with Gasteiger partial charge in [-0.25, -0.2) is 9.37 Å². The molecule has 0 radical (unpaired) electrons. The number of benzene rings is 1. The van der Waals surface area contributed by atoms with Crippen molar-refractivity contribution in [3.05, 3.63) is 52.2 Å². The standard InChI is InChI=1S/C23H27ClFN5O3/c1-12(2)23(32)28-8-14-5-6-15(24)20(21(14)25)22-29-16(7-18(31)30-22)17-9-27-19(10-26-17)33-11-13-3-4-13/h5-6,9-10,12-13,16,22,29H,3-4,7-8,11H2,1-2H3,(H,28,32)(H,30,31). The van der Waals surface area contributed by atoms with Gasteiger partial charge in [-0.2, -0.15) is 0 Å². The van der Waals surface area contributed by atoms with Crippen molar-refractivity contribution in [2.45, 2.75) is 51.9 Å². The third kappa shape index (κ3) is 5.78. The van der Waals surface area contributed by atoms with Crippen molar-refractivity contribution in [3.63, 3.8) is 0 Å². The SMILES string of the molecule is CC(C)C(=O)NCc1ccc(Cl)c(C2NC(=O)CC(c3cnc(OCC4CC4)cn3)N2)c1F. The second-order valence-corrected chi connectivity index (χ2v) is 9.17. The Morgan fingerprint density at radius 1 is 1.30 bits per heavy atom. The Balaban J connectivity index is 1.49. The van der Waals surface area contributed by atoms with Crippen LogP contribution in [0.15, 0.2) is 24.5 Å². The van der Waals surface area contributed by atoms with Gasteiger partial charge >= 0.3 is 0 Å². The maximum atomic E-state index is 15.4. The Hall–Kier alpha value is -2.78. The molecule has 8 nitrogen and oxygen atoms in total. The molecule has 0 spiro atoms. The van der Waals surface area contributed by atoms with Gasteiger partial charge in [-0.15, -0.1) is 0 Å². The molecule has 3 N–H and O–H groups in total. The number of ether oxygens (including phenoxy) is 1. The van der Waals surface area contributed by atoms with Crippen LogP contribution in [0.4, 0.5) is 4.39 Å². The molecule has 1 aliphatic carbocycles. The molecule has 2 unspecified atom stereocenters. The van der Waals surface area contributed by atoms with Crippen LogP contribution in [0, 0.1) is 17.7 Å². The molecule has 0 bridgehead atoms. The minimum Gasteiger partial charge on any atom is -0.476 e. The first-order valence-electron chi connectivity index (χ1n) is 11.1. The van der Waals surface area contributed by atoms with Crippen LogP contribution in [-0.2, 0) is 16.1 Å². The zero-order chi connectivity index (χ0) is 23.5. The highest BCUT2D eigenvalue weighted by atomic mass is 35.5. The summed E-state index contributed by atoms with van der Waals surface area (Å²) in [4.78, 5) is 33.0. The van der Waals surface area contributed by atoms with E-state index in [1.807, 2.05) is 0 Å². The average Bonchev–Trinajstić information content (AvgIpc) is 3.61. The summed E-state index contributed by atoms with van der Waals surface area (Å²) in [5.74, 6) is -0.212. The van der Waals surface area contributed by atoms with E-state index in [1.54, 1.807) is 26.1 Å². The zero-order valence-electron chi connectivity index (χ0n) is 18.5. The Morgan fingerprint density at radius 3 is 2.76 bits per heavy atom. The highest BCUT2D eigenvalue weighted by Gasteiger charge is 2.32. The third-order valence-electron chi connectivity index (χ3n) is 5.70. The second-order valence-electron chi connectivity index (χ2n) is 8.76. The summed E-state index contributed by atoms with van der Waals surface area (Å²) in [5.41, 5.74) is 0.937. The fourth-order valence-corrected chi connectivity index (χ4v) is 3.78. The summed E-state index contributed by atoms with van der Waals surface area (Å²) in [6.07, 6.45) is 4.71. The van der Waals surface area contributed by atoms with Crippen molar-refractivity contribution >= 4 is 23.4 Å². The third-order valence-corrected chi connectivity index (χ3v) is 6.03. The van der Waals surface area contributed by atoms with Crippen LogP contribution in [0.25, 0.3) is 0 Å². The zero-order valence-corrected chi connectivity index (χ0v) is 19.3. The van der Waals surface area contributed by atoms with Gasteiger partial charge in [-0.1, -0.05) is 31.5 Å². The van der Waals surface area contributed by atoms with Gasteiger partial charge in [0.2, 0.25) is 17.7 Å². The summed E-state index contributed by atoms with van der Waals surface area (Å²) in [7, 11) is 0. The molecule has 1 aliphatic heterocycles. The molecule has 2 atom stereocenters. The number of carbonyl (C=O) groups excluding carboxylic acids is 2. The molecule has 2 aliphatic rings. The lowest BCUT2D eigenvalue weighted by atomic mass is 10.0. The van der Waals surface area contributed by atoms with Crippen molar-refractivity contribution < 1.29 is 18.7 Å². The van der Waals surface area contributed by atoms with Crippen LogP contribution in [-0.4, -0.2) is 28.4 Å². The lowest BCUT2D eigenvalue weighted by molar-refractivity contribution is -0.125. The predicted octanol–water partition coefficient (Wildman–Crippen LogP) is 3.18. The maximum absolute atomic E-state index is 15.4. The van der Waals surface area contributed by atoms with E-state index in [1.165, 1.54) is 25.1 Å². The number of rotatable bonds is 8. The van der Waals surface area contributed by atoms with Crippen LogP contribution in [0.1, 0.15) is 62.1 Å². The molecule has 1 aromatic carbocycles. The van der Waals surface area contributed by atoms with Gasteiger partial charge in [0.1, 0.15) is 12.0 Å². The molecule has 2 heterocycles. The molecule has 33 heavy (non-hydrogen) atoms. The molecule has 176 valence electrons. The van der Waals surface area contributed by atoms with Crippen LogP contribution in [0.3, 0.4) is 0 Å². The predicted molar refractivity (Wildman–Crippen MR) is 120 cm³/mol. The van der Waals surface area contributed by atoms with E-state index in [4.69, 9.17) is 16.3 Å². The van der Waals surface area contributed by atoms with Crippen molar-refractivity contribution in [2.75, 3.05) is 6.61 Å². The van der Waals surface area contributed by atoms with E-state index in [9.17, 15) is 9.59 Å². The normalized spacial score (nSPS) is 20.5. The van der Waals surface area contributed by atoms with E-state index < -0.39 is 18.0 Å². The summed E-state index contributed by atoms with van der Waals surface area (Å²) in [6, 6.07) is 2.60. The van der Waals surface area contributed by atoms with Crippen LogP contribution >= 0.6 is 11.6 Å². The first-order chi connectivity index (χ1) is 15.8. The van der Waals surface area contributed by atoms with Gasteiger partial charge < -0.3 is 15.4 Å². The average molecular weight is 476 g/mol. The number of nitrogens with zero attached hydrogens (tertiary/aromatic N) is 2. The van der Waals surface area contributed by atoms with Gasteiger partial charge in [-0.3, -0.25) is 19.9 Å². The lowest BCUT2D eigenvalue weighted by Crippen LogP contribution is -2.47. The summed E-state index contributed by atoms with van der Waals surface area (Å²) in [5, 5.41) is 8.81. The molecule has 1 aromatic heterocycles. The molecule has 2 fully saturated rings. The van der Waals surface area contributed by atoms with Gasteiger partial charge in [0.05, 0.1) is 35.8 Å².